The molecule has 0 spiro atoms. The summed E-state index contributed by atoms with van der Waals surface area (Å²) < 4.78 is 0. The third-order valence-corrected chi connectivity index (χ3v) is 2.15. The molecule has 2 heteroatoms. The molecule has 0 radical (unpaired) electrons. The fourth-order valence-electron chi connectivity index (χ4n) is 0.535. The molecule has 1 saturated heterocycles. The normalized spacial score (nSPS) is 21.3. The molecule has 1 aliphatic heterocycles. The Kier molecular flexibility index (Phi) is 1.28. The van der Waals surface area contributed by atoms with Crippen LogP contribution < -0.4 is 0 Å². The second-order valence-electron chi connectivity index (χ2n) is 1.66. The third kappa shape index (κ3) is 0.911. The molecular formula is C5H9NS. The molecule has 1 nitrogen and oxygen atoms in total. The van der Waals surface area contributed by atoms with Crippen LogP contribution >= 0.6 is 11.8 Å². The lowest BCUT2D eigenvalue weighted by Gasteiger charge is -2.07. The van der Waals surface area contributed by atoms with Crippen molar-refractivity contribution < 1.29 is 0 Å². The highest BCUT2D eigenvalue weighted by molar-refractivity contribution is 8.03. The molecule has 40 valence electrons. The molecule has 1 aliphatic rings. The molecule has 1 rings (SSSR count). The van der Waals surface area contributed by atoms with Crippen molar-refractivity contribution in [3.8, 4) is 0 Å². The number of hydrogen-bond donors (Lipinski definition) is 0. The van der Waals surface area contributed by atoms with E-state index in [0.717, 1.165) is 0 Å². The van der Waals surface area contributed by atoms with Gasteiger partial charge in [0.15, 0.2) is 0 Å². The molecule has 0 amide bonds. The van der Waals surface area contributed by atoms with Gasteiger partial charge >= 0.3 is 0 Å². The molecular weight excluding hydrogens is 106 g/mol. The molecule has 1 fully saturated rings. The van der Waals surface area contributed by atoms with Gasteiger partial charge in [0.1, 0.15) is 0 Å². The van der Waals surface area contributed by atoms with E-state index in [1.54, 1.807) is 0 Å². The quantitative estimate of drug-likeness (QED) is 0.465. The first kappa shape index (κ1) is 5.04. The predicted molar refractivity (Wildman–Crippen MR) is 34.2 cm³/mol. The average Bonchev–Trinajstić information content (AvgIpc) is 1.91. The maximum absolute atomic E-state index is 3.82. The van der Waals surface area contributed by atoms with E-state index < -0.39 is 0 Å². The molecule has 7 heavy (non-hydrogen) atoms. The van der Waals surface area contributed by atoms with Gasteiger partial charge in [0, 0.05) is 19.3 Å². The lowest BCUT2D eigenvalue weighted by molar-refractivity contribution is 0.494. The minimum atomic E-state index is 1.17. The minimum Gasteiger partial charge on any atom is -0.369 e. The second kappa shape index (κ2) is 1.78. The SMILES string of the molecule is C=C1SCCN1C. The van der Waals surface area contributed by atoms with E-state index >= 15 is 0 Å². The highest BCUT2D eigenvalue weighted by Gasteiger charge is 2.08. The van der Waals surface area contributed by atoms with Gasteiger partial charge in [-0.1, -0.05) is 6.58 Å². The van der Waals surface area contributed by atoms with E-state index in [0.29, 0.717) is 0 Å². The van der Waals surface area contributed by atoms with Gasteiger partial charge in [0.05, 0.1) is 5.03 Å². The van der Waals surface area contributed by atoms with Crippen molar-refractivity contribution in [1.29, 1.82) is 0 Å². The topological polar surface area (TPSA) is 3.24 Å². The minimum absolute atomic E-state index is 1.17. The van der Waals surface area contributed by atoms with Crippen molar-refractivity contribution in [2.75, 3.05) is 19.3 Å². The van der Waals surface area contributed by atoms with Gasteiger partial charge < -0.3 is 4.90 Å². The van der Waals surface area contributed by atoms with E-state index in [4.69, 9.17) is 0 Å². The van der Waals surface area contributed by atoms with E-state index in [1.807, 2.05) is 11.8 Å². The van der Waals surface area contributed by atoms with Crippen LogP contribution in [0.3, 0.4) is 0 Å². The summed E-state index contributed by atoms with van der Waals surface area (Å²) in [5, 5.41) is 1.21. The Balaban J connectivity index is 2.48. The molecule has 0 unspecified atom stereocenters. The zero-order valence-electron chi connectivity index (χ0n) is 4.48. The third-order valence-electron chi connectivity index (χ3n) is 1.12. The molecule has 1 heterocycles. The summed E-state index contributed by atoms with van der Waals surface area (Å²) in [7, 11) is 2.07. The van der Waals surface area contributed by atoms with Crippen LogP contribution in [0.25, 0.3) is 0 Å². The van der Waals surface area contributed by atoms with Gasteiger partial charge in [-0.05, 0) is 0 Å². The molecule has 0 aliphatic carbocycles. The van der Waals surface area contributed by atoms with Crippen LogP contribution in [0, 0.1) is 0 Å². The molecule has 0 atom stereocenters. The first-order valence-corrected chi connectivity index (χ1v) is 3.32. The molecule has 0 aromatic heterocycles. The van der Waals surface area contributed by atoms with Crippen LogP contribution in [-0.2, 0) is 0 Å². The Morgan fingerprint density at radius 2 is 2.57 bits per heavy atom. The van der Waals surface area contributed by atoms with Crippen molar-refractivity contribution in [2.45, 2.75) is 0 Å². The lowest BCUT2D eigenvalue weighted by Crippen LogP contribution is -2.09. The van der Waals surface area contributed by atoms with Crippen molar-refractivity contribution in [3.05, 3.63) is 11.6 Å². The fourth-order valence-corrected chi connectivity index (χ4v) is 1.45. The highest BCUT2D eigenvalue weighted by Crippen LogP contribution is 2.22. The summed E-state index contributed by atoms with van der Waals surface area (Å²) >= 11 is 1.84. The average molecular weight is 115 g/mol. The largest absolute Gasteiger partial charge is 0.369 e. The first-order chi connectivity index (χ1) is 3.30. The zero-order valence-corrected chi connectivity index (χ0v) is 5.29. The smallest absolute Gasteiger partial charge is 0.0632 e. The van der Waals surface area contributed by atoms with E-state index in [-0.39, 0.29) is 0 Å². The number of rotatable bonds is 0. The molecule has 0 aromatic carbocycles. The van der Waals surface area contributed by atoms with Gasteiger partial charge in [-0.25, -0.2) is 0 Å². The van der Waals surface area contributed by atoms with Gasteiger partial charge in [-0.2, -0.15) is 0 Å². The maximum Gasteiger partial charge on any atom is 0.0632 e. The fraction of sp³-hybridized carbons (Fsp3) is 0.600. The van der Waals surface area contributed by atoms with Gasteiger partial charge in [-0.3, -0.25) is 0 Å². The molecule has 0 N–H and O–H groups in total. The first-order valence-electron chi connectivity index (χ1n) is 2.33. The summed E-state index contributed by atoms with van der Waals surface area (Å²) in [6.07, 6.45) is 0. The molecule has 0 bridgehead atoms. The Labute approximate surface area is 48.4 Å². The number of thioether (sulfide) groups is 1. The van der Waals surface area contributed by atoms with Gasteiger partial charge in [0.2, 0.25) is 0 Å². The van der Waals surface area contributed by atoms with Crippen LogP contribution in [0.15, 0.2) is 11.6 Å². The van der Waals surface area contributed by atoms with Gasteiger partial charge in [0.25, 0.3) is 0 Å². The summed E-state index contributed by atoms with van der Waals surface area (Å²) in [5.41, 5.74) is 0. The molecule has 0 aromatic rings. The Morgan fingerprint density at radius 3 is 2.71 bits per heavy atom. The molecule has 0 saturated carbocycles. The number of nitrogens with zero attached hydrogens (tertiary/aromatic N) is 1. The summed E-state index contributed by atoms with van der Waals surface area (Å²) in [6, 6.07) is 0. The monoisotopic (exact) mass is 115 g/mol. The van der Waals surface area contributed by atoms with E-state index in [2.05, 4.69) is 18.5 Å². The van der Waals surface area contributed by atoms with Crippen LogP contribution in [0.5, 0.6) is 0 Å². The van der Waals surface area contributed by atoms with Crippen molar-refractivity contribution >= 4 is 11.8 Å². The second-order valence-corrected chi connectivity index (χ2v) is 2.83. The number of hydrogen-bond acceptors (Lipinski definition) is 2. The van der Waals surface area contributed by atoms with Crippen LogP contribution in [-0.4, -0.2) is 24.2 Å². The summed E-state index contributed by atoms with van der Waals surface area (Å²) in [4.78, 5) is 2.17. The Hall–Kier alpha value is -0.110. The zero-order chi connectivity index (χ0) is 5.28. The van der Waals surface area contributed by atoms with Crippen molar-refractivity contribution in [1.82, 2.24) is 4.90 Å². The standard InChI is InChI=1S/C5H9NS/c1-5-6(2)3-4-7-5/h1,3-4H2,2H3. The Morgan fingerprint density at radius 1 is 1.86 bits per heavy atom. The van der Waals surface area contributed by atoms with Crippen molar-refractivity contribution in [2.24, 2.45) is 0 Å². The summed E-state index contributed by atoms with van der Waals surface area (Å²) in [6.45, 7) is 4.99. The van der Waals surface area contributed by atoms with E-state index in [1.165, 1.54) is 17.3 Å². The van der Waals surface area contributed by atoms with Gasteiger partial charge in [-0.15, -0.1) is 11.8 Å². The van der Waals surface area contributed by atoms with Crippen LogP contribution in [0.1, 0.15) is 0 Å². The predicted octanol–water partition coefficient (Wildman–Crippen LogP) is 1.14. The summed E-state index contributed by atoms with van der Waals surface area (Å²) in [5.74, 6) is 1.22. The van der Waals surface area contributed by atoms with Crippen molar-refractivity contribution in [3.63, 3.8) is 0 Å². The Bertz CT molecular complexity index is 90.1. The van der Waals surface area contributed by atoms with Crippen LogP contribution in [0.4, 0.5) is 0 Å². The van der Waals surface area contributed by atoms with E-state index in [9.17, 15) is 0 Å². The maximum atomic E-state index is 3.82. The van der Waals surface area contributed by atoms with Crippen LogP contribution in [0.2, 0.25) is 0 Å². The highest BCUT2D eigenvalue weighted by atomic mass is 32.2. The lowest BCUT2D eigenvalue weighted by atomic mass is 10.7.